The summed E-state index contributed by atoms with van der Waals surface area (Å²) in [5.41, 5.74) is 1.94. The lowest BCUT2D eigenvalue weighted by atomic mass is 9.98. The fourth-order valence-corrected chi connectivity index (χ4v) is 5.50. The van der Waals surface area contributed by atoms with E-state index in [-0.39, 0.29) is 24.4 Å². The largest absolute Gasteiger partial charge is 0.337 e. The molecule has 1 aliphatic heterocycles. The Morgan fingerprint density at radius 1 is 1.10 bits per heavy atom. The van der Waals surface area contributed by atoms with E-state index in [0.717, 1.165) is 10.9 Å². The van der Waals surface area contributed by atoms with Gasteiger partial charge in [-0.2, -0.15) is 0 Å². The summed E-state index contributed by atoms with van der Waals surface area (Å²) in [5.74, 6) is 0.0594. The van der Waals surface area contributed by atoms with Gasteiger partial charge in [0, 0.05) is 39.4 Å². The normalized spacial score (nSPS) is 15.6. The smallest absolute Gasteiger partial charge is 0.319 e. The zero-order valence-corrected chi connectivity index (χ0v) is 18.8. The van der Waals surface area contributed by atoms with Gasteiger partial charge in [-0.05, 0) is 59.1 Å². The molecule has 0 aliphatic carbocycles. The molecular formula is C21H20BrN3O2S2. The third-order valence-corrected chi connectivity index (χ3v) is 7.28. The van der Waals surface area contributed by atoms with Crippen LogP contribution in [0.1, 0.15) is 27.8 Å². The van der Waals surface area contributed by atoms with Crippen LogP contribution in [0.3, 0.4) is 0 Å². The number of thiophene rings is 2. The van der Waals surface area contributed by atoms with Crippen molar-refractivity contribution in [2.75, 3.05) is 18.4 Å². The summed E-state index contributed by atoms with van der Waals surface area (Å²) in [5, 5.41) is 9.70. The Hall–Kier alpha value is -2.16. The standard InChI is InChI=1S/C21H20BrN3O2S2/c22-14-3-5-15(6-4-14)24-21(27)23-10-7-19(26)25-11-8-17-16(9-13-29-17)20(25)18-2-1-12-28-18/h1-6,9,12-13,20H,7-8,10-11H2,(H2,23,24,27). The minimum Gasteiger partial charge on any atom is -0.337 e. The van der Waals surface area contributed by atoms with Crippen LogP contribution in [0, 0.1) is 0 Å². The highest BCUT2D eigenvalue weighted by molar-refractivity contribution is 9.10. The van der Waals surface area contributed by atoms with Crippen LogP contribution in [0.15, 0.2) is 57.7 Å². The highest BCUT2D eigenvalue weighted by Crippen LogP contribution is 2.39. The van der Waals surface area contributed by atoms with Crippen LogP contribution in [0.2, 0.25) is 0 Å². The molecule has 1 atom stereocenters. The van der Waals surface area contributed by atoms with Crippen LogP contribution in [0.5, 0.6) is 0 Å². The predicted octanol–water partition coefficient (Wildman–Crippen LogP) is 5.26. The third kappa shape index (κ3) is 4.71. The quantitative estimate of drug-likeness (QED) is 0.513. The van der Waals surface area contributed by atoms with Crippen molar-refractivity contribution in [3.05, 3.63) is 73.0 Å². The summed E-state index contributed by atoms with van der Waals surface area (Å²) in [6.45, 7) is 1.01. The monoisotopic (exact) mass is 489 g/mol. The number of hydrogen-bond acceptors (Lipinski definition) is 4. The summed E-state index contributed by atoms with van der Waals surface area (Å²) in [6, 6.07) is 13.3. The van der Waals surface area contributed by atoms with Crippen molar-refractivity contribution in [3.63, 3.8) is 0 Å². The van der Waals surface area contributed by atoms with E-state index in [1.807, 2.05) is 40.6 Å². The van der Waals surface area contributed by atoms with E-state index in [1.165, 1.54) is 15.3 Å². The minimum atomic E-state index is -0.311. The summed E-state index contributed by atoms with van der Waals surface area (Å²) >= 11 is 6.80. The predicted molar refractivity (Wildman–Crippen MR) is 122 cm³/mol. The van der Waals surface area contributed by atoms with Crippen molar-refractivity contribution in [1.29, 1.82) is 0 Å². The Kier molecular flexibility index (Phi) is 6.32. The first-order chi connectivity index (χ1) is 14.1. The van der Waals surface area contributed by atoms with Crippen LogP contribution >= 0.6 is 38.6 Å². The molecule has 0 spiro atoms. The lowest BCUT2D eigenvalue weighted by Gasteiger charge is -2.35. The maximum atomic E-state index is 13.0. The van der Waals surface area contributed by atoms with E-state index >= 15 is 0 Å². The molecule has 3 heterocycles. The molecule has 3 amide bonds. The number of hydrogen-bond donors (Lipinski definition) is 2. The lowest BCUT2D eigenvalue weighted by Crippen LogP contribution is -2.41. The average molecular weight is 490 g/mol. The number of halogens is 1. The summed E-state index contributed by atoms with van der Waals surface area (Å²) in [4.78, 5) is 29.5. The first-order valence-corrected chi connectivity index (χ1v) is 11.9. The zero-order valence-electron chi connectivity index (χ0n) is 15.6. The third-order valence-electron chi connectivity index (χ3n) is 4.83. The summed E-state index contributed by atoms with van der Waals surface area (Å²) < 4.78 is 0.949. The van der Waals surface area contributed by atoms with E-state index in [1.54, 1.807) is 22.7 Å². The number of nitrogens with one attached hydrogen (secondary N) is 2. The van der Waals surface area contributed by atoms with E-state index in [9.17, 15) is 9.59 Å². The Morgan fingerprint density at radius 3 is 2.69 bits per heavy atom. The molecule has 0 saturated heterocycles. The number of anilines is 1. The number of amides is 3. The average Bonchev–Trinajstić information content (AvgIpc) is 3.40. The molecule has 2 aromatic heterocycles. The Balaban J connectivity index is 1.35. The second-order valence-electron chi connectivity index (χ2n) is 6.69. The zero-order chi connectivity index (χ0) is 20.2. The topological polar surface area (TPSA) is 61.4 Å². The molecule has 1 unspecified atom stereocenters. The van der Waals surface area contributed by atoms with E-state index in [4.69, 9.17) is 0 Å². The maximum absolute atomic E-state index is 13.0. The molecule has 1 aliphatic rings. The highest BCUT2D eigenvalue weighted by atomic mass is 79.9. The van der Waals surface area contributed by atoms with Gasteiger partial charge in [-0.25, -0.2) is 4.79 Å². The number of fused-ring (bicyclic) bond motifs is 1. The molecule has 0 saturated carbocycles. The van der Waals surface area contributed by atoms with Crippen molar-refractivity contribution in [1.82, 2.24) is 10.2 Å². The summed E-state index contributed by atoms with van der Waals surface area (Å²) in [7, 11) is 0. The number of carbonyl (C=O) groups excluding carboxylic acids is 2. The number of rotatable bonds is 5. The van der Waals surface area contributed by atoms with Crippen LogP contribution in [0.4, 0.5) is 10.5 Å². The first-order valence-electron chi connectivity index (χ1n) is 9.31. The number of nitrogens with zero attached hydrogens (tertiary/aromatic N) is 1. The maximum Gasteiger partial charge on any atom is 0.319 e. The number of benzene rings is 1. The van der Waals surface area contributed by atoms with Crippen LogP contribution in [-0.4, -0.2) is 29.9 Å². The fourth-order valence-electron chi connectivity index (χ4n) is 3.47. The van der Waals surface area contributed by atoms with E-state index in [0.29, 0.717) is 18.8 Å². The van der Waals surface area contributed by atoms with Crippen LogP contribution < -0.4 is 10.6 Å². The Labute approximate surface area is 185 Å². The van der Waals surface area contributed by atoms with Gasteiger partial charge in [0.2, 0.25) is 5.91 Å². The van der Waals surface area contributed by atoms with E-state index in [2.05, 4.69) is 44.1 Å². The van der Waals surface area contributed by atoms with Gasteiger partial charge in [0.25, 0.3) is 0 Å². The molecule has 0 bridgehead atoms. The van der Waals surface area contributed by atoms with Gasteiger partial charge in [-0.3, -0.25) is 4.79 Å². The van der Waals surface area contributed by atoms with Crippen molar-refractivity contribution in [2.45, 2.75) is 18.9 Å². The molecule has 2 N–H and O–H groups in total. The molecule has 0 fully saturated rings. The number of urea groups is 1. The van der Waals surface area contributed by atoms with Crippen molar-refractivity contribution in [3.8, 4) is 0 Å². The molecule has 1 aromatic carbocycles. The highest BCUT2D eigenvalue weighted by Gasteiger charge is 2.33. The second-order valence-corrected chi connectivity index (χ2v) is 9.59. The Bertz CT molecular complexity index is 986. The van der Waals surface area contributed by atoms with Crippen LogP contribution in [-0.2, 0) is 11.2 Å². The van der Waals surface area contributed by atoms with Gasteiger partial charge in [0.15, 0.2) is 0 Å². The molecule has 8 heteroatoms. The molecule has 0 radical (unpaired) electrons. The Morgan fingerprint density at radius 2 is 1.93 bits per heavy atom. The molecule has 4 rings (SSSR count). The number of carbonyl (C=O) groups is 2. The van der Waals surface area contributed by atoms with Crippen molar-refractivity contribution in [2.24, 2.45) is 0 Å². The molecule has 150 valence electrons. The molecule has 3 aromatic rings. The SMILES string of the molecule is O=C(NCCC(=O)N1CCc2sccc2C1c1cccs1)Nc1ccc(Br)cc1. The molecule has 29 heavy (non-hydrogen) atoms. The van der Waals surface area contributed by atoms with Crippen molar-refractivity contribution >= 4 is 56.2 Å². The molecule has 5 nitrogen and oxygen atoms in total. The summed E-state index contributed by atoms with van der Waals surface area (Å²) in [6.07, 6.45) is 1.16. The van der Waals surface area contributed by atoms with Crippen molar-refractivity contribution < 1.29 is 9.59 Å². The lowest BCUT2D eigenvalue weighted by molar-refractivity contribution is -0.133. The van der Waals surface area contributed by atoms with Gasteiger partial charge in [-0.1, -0.05) is 22.0 Å². The van der Waals surface area contributed by atoms with Gasteiger partial charge in [0.1, 0.15) is 0 Å². The van der Waals surface area contributed by atoms with Gasteiger partial charge in [-0.15, -0.1) is 22.7 Å². The fraction of sp³-hybridized carbons (Fsp3) is 0.238. The van der Waals surface area contributed by atoms with Crippen LogP contribution in [0.25, 0.3) is 0 Å². The van der Waals surface area contributed by atoms with Gasteiger partial charge < -0.3 is 15.5 Å². The second kappa shape index (κ2) is 9.11. The van der Waals surface area contributed by atoms with Gasteiger partial charge >= 0.3 is 6.03 Å². The first kappa shape index (κ1) is 20.1. The van der Waals surface area contributed by atoms with E-state index < -0.39 is 0 Å². The molecular weight excluding hydrogens is 470 g/mol. The van der Waals surface area contributed by atoms with Gasteiger partial charge in [0.05, 0.1) is 6.04 Å². The minimum absolute atomic E-state index is 0.0194.